The van der Waals surface area contributed by atoms with Crippen LogP contribution in [0.25, 0.3) is 0 Å². The molecule has 0 aromatic heterocycles. The molecular formula is C11H24O5. The number of ether oxygens (including phenoxy) is 2. The van der Waals surface area contributed by atoms with Crippen LogP contribution in [0.3, 0.4) is 0 Å². The van der Waals surface area contributed by atoms with Gasteiger partial charge in [-0.1, -0.05) is 27.7 Å². The van der Waals surface area contributed by atoms with Crippen LogP contribution in [-0.4, -0.2) is 41.8 Å². The number of rotatable bonds is 2. The lowest BCUT2D eigenvalue weighted by molar-refractivity contribution is -0.213. The smallest absolute Gasteiger partial charge is 0.333 e. The number of aliphatic carboxylic acids is 1. The molecule has 0 aromatic rings. The van der Waals surface area contributed by atoms with Gasteiger partial charge in [-0.2, -0.15) is 0 Å². The second-order valence-corrected chi connectivity index (χ2v) is 2.75. The fraction of sp³-hybridized carbons (Fsp3) is 0.909. The lowest BCUT2D eigenvalue weighted by Crippen LogP contribution is -2.40. The lowest BCUT2D eigenvalue weighted by atomic mass is 10.1. The van der Waals surface area contributed by atoms with Gasteiger partial charge in [-0.3, -0.25) is 0 Å². The van der Waals surface area contributed by atoms with E-state index in [4.69, 9.17) is 14.6 Å². The Morgan fingerprint density at radius 2 is 1.75 bits per heavy atom. The van der Waals surface area contributed by atoms with Gasteiger partial charge in [0, 0.05) is 20.0 Å². The first-order chi connectivity index (χ1) is 7.63. The molecule has 0 spiro atoms. The van der Waals surface area contributed by atoms with Crippen molar-refractivity contribution >= 4 is 5.97 Å². The van der Waals surface area contributed by atoms with E-state index < -0.39 is 24.5 Å². The standard InChI is InChI=1S/C7H12O5.2C2H6/c1-11-6-3-4(8)2-5(12-6)7(9)10;2*1-2/h4-6,8H,2-3H2,1H3,(H,9,10);2*1-2H3. The topological polar surface area (TPSA) is 76.0 Å². The Balaban J connectivity index is 0. The summed E-state index contributed by atoms with van der Waals surface area (Å²) in [5.74, 6) is -1.06. The van der Waals surface area contributed by atoms with Crippen molar-refractivity contribution in [2.24, 2.45) is 0 Å². The van der Waals surface area contributed by atoms with Crippen LogP contribution in [0.4, 0.5) is 0 Å². The number of carbonyl (C=O) groups is 1. The molecule has 0 bridgehead atoms. The molecule has 1 heterocycles. The van der Waals surface area contributed by atoms with Gasteiger partial charge in [0.05, 0.1) is 6.10 Å². The molecule has 0 radical (unpaired) electrons. The maximum Gasteiger partial charge on any atom is 0.333 e. The van der Waals surface area contributed by atoms with Crippen molar-refractivity contribution in [2.75, 3.05) is 7.11 Å². The summed E-state index contributed by atoms with van der Waals surface area (Å²) in [5.41, 5.74) is 0. The van der Waals surface area contributed by atoms with Crippen LogP contribution in [0.15, 0.2) is 0 Å². The number of hydrogen-bond acceptors (Lipinski definition) is 4. The minimum absolute atomic E-state index is 0.134. The first-order valence-corrected chi connectivity index (χ1v) is 5.72. The third-order valence-corrected chi connectivity index (χ3v) is 1.81. The Labute approximate surface area is 97.4 Å². The molecule has 2 N–H and O–H groups in total. The first kappa shape index (κ1) is 17.7. The van der Waals surface area contributed by atoms with Gasteiger partial charge in [-0.05, 0) is 0 Å². The maximum atomic E-state index is 10.5. The molecule has 1 rings (SSSR count). The maximum absolute atomic E-state index is 10.5. The van der Waals surface area contributed by atoms with Gasteiger partial charge in [0.15, 0.2) is 12.4 Å². The van der Waals surface area contributed by atoms with E-state index in [1.165, 1.54) is 7.11 Å². The zero-order valence-corrected chi connectivity index (χ0v) is 10.8. The molecule has 16 heavy (non-hydrogen) atoms. The van der Waals surface area contributed by atoms with E-state index in [-0.39, 0.29) is 6.42 Å². The van der Waals surface area contributed by atoms with Gasteiger partial charge in [-0.25, -0.2) is 4.79 Å². The monoisotopic (exact) mass is 236 g/mol. The number of aliphatic hydroxyl groups is 1. The van der Waals surface area contributed by atoms with Crippen molar-refractivity contribution in [3.8, 4) is 0 Å². The van der Waals surface area contributed by atoms with Crippen molar-refractivity contribution < 1.29 is 24.5 Å². The van der Waals surface area contributed by atoms with Crippen molar-refractivity contribution in [2.45, 2.75) is 59.0 Å². The molecule has 3 unspecified atom stereocenters. The van der Waals surface area contributed by atoms with E-state index in [2.05, 4.69) is 0 Å². The Kier molecular flexibility index (Phi) is 12.0. The minimum Gasteiger partial charge on any atom is -0.479 e. The van der Waals surface area contributed by atoms with E-state index in [1.807, 2.05) is 27.7 Å². The molecule has 0 amide bonds. The van der Waals surface area contributed by atoms with Gasteiger partial charge in [0.1, 0.15) is 0 Å². The highest BCUT2D eigenvalue weighted by atomic mass is 16.7. The predicted octanol–water partition coefficient (Wildman–Crippen LogP) is 1.64. The lowest BCUT2D eigenvalue weighted by Gasteiger charge is -2.29. The van der Waals surface area contributed by atoms with E-state index in [0.717, 1.165) is 0 Å². The number of carboxylic acid groups (broad SMARTS) is 1. The molecule has 0 aliphatic carbocycles. The highest BCUT2D eigenvalue weighted by Crippen LogP contribution is 2.19. The zero-order chi connectivity index (χ0) is 13.1. The zero-order valence-electron chi connectivity index (χ0n) is 10.8. The van der Waals surface area contributed by atoms with Crippen molar-refractivity contribution in [1.82, 2.24) is 0 Å². The normalized spacial score (nSPS) is 28.0. The molecule has 1 aliphatic rings. The third kappa shape index (κ3) is 6.76. The van der Waals surface area contributed by atoms with E-state index in [1.54, 1.807) is 0 Å². The highest BCUT2D eigenvalue weighted by Gasteiger charge is 2.32. The largest absolute Gasteiger partial charge is 0.479 e. The summed E-state index contributed by atoms with van der Waals surface area (Å²) in [4.78, 5) is 10.5. The minimum atomic E-state index is -1.06. The van der Waals surface area contributed by atoms with Crippen LogP contribution in [0, 0.1) is 0 Å². The van der Waals surface area contributed by atoms with Gasteiger partial charge in [0.25, 0.3) is 0 Å². The molecule has 1 aliphatic heterocycles. The summed E-state index contributed by atoms with van der Waals surface area (Å²) in [6, 6.07) is 0. The van der Waals surface area contributed by atoms with Crippen LogP contribution in [0.2, 0.25) is 0 Å². The summed E-state index contributed by atoms with van der Waals surface area (Å²) in [6.07, 6.45) is -1.73. The van der Waals surface area contributed by atoms with Gasteiger partial charge < -0.3 is 19.7 Å². The van der Waals surface area contributed by atoms with Gasteiger partial charge in [0.2, 0.25) is 0 Å². The second-order valence-electron chi connectivity index (χ2n) is 2.75. The van der Waals surface area contributed by atoms with E-state index >= 15 is 0 Å². The average Bonchev–Trinajstić information content (AvgIpc) is 2.33. The molecule has 1 saturated heterocycles. The van der Waals surface area contributed by atoms with Crippen molar-refractivity contribution in [3.05, 3.63) is 0 Å². The van der Waals surface area contributed by atoms with E-state index in [9.17, 15) is 9.90 Å². The Morgan fingerprint density at radius 1 is 1.25 bits per heavy atom. The molecule has 3 atom stereocenters. The molecule has 98 valence electrons. The Bertz CT molecular complexity index is 172. The quantitative estimate of drug-likeness (QED) is 0.762. The van der Waals surface area contributed by atoms with Crippen LogP contribution in [0.5, 0.6) is 0 Å². The molecule has 5 heteroatoms. The summed E-state index contributed by atoms with van der Waals surface area (Å²) >= 11 is 0. The molecule has 1 fully saturated rings. The molecule has 0 saturated carbocycles. The van der Waals surface area contributed by atoms with Crippen LogP contribution in [-0.2, 0) is 14.3 Å². The number of methoxy groups -OCH3 is 1. The summed E-state index contributed by atoms with van der Waals surface area (Å²) < 4.78 is 9.78. The van der Waals surface area contributed by atoms with Gasteiger partial charge in [-0.15, -0.1) is 0 Å². The summed E-state index contributed by atoms with van der Waals surface area (Å²) in [6.45, 7) is 8.00. The fourth-order valence-corrected chi connectivity index (χ4v) is 1.17. The Morgan fingerprint density at radius 3 is 2.12 bits per heavy atom. The van der Waals surface area contributed by atoms with E-state index in [0.29, 0.717) is 6.42 Å². The molecular weight excluding hydrogens is 212 g/mol. The summed E-state index contributed by atoms with van der Waals surface area (Å²) in [5, 5.41) is 17.8. The van der Waals surface area contributed by atoms with Crippen LogP contribution >= 0.6 is 0 Å². The van der Waals surface area contributed by atoms with Crippen LogP contribution < -0.4 is 0 Å². The molecule has 5 nitrogen and oxygen atoms in total. The van der Waals surface area contributed by atoms with Gasteiger partial charge >= 0.3 is 5.97 Å². The highest BCUT2D eigenvalue weighted by molar-refractivity contribution is 5.72. The predicted molar refractivity (Wildman–Crippen MR) is 61.2 cm³/mol. The fourth-order valence-electron chi connectivity index (χ4n) is 1.17. The number of hydrogen-bond donors (Lipinski definition) is 2. The SMILES string of the molecule is CC.CC.COC1CC(O)CC(C(=O)O)O1. The first-order valence-electron chi connectivity index (χ1n) is 5.72. The number of aliphatic hydroxyl groups excluding tert-OH is 1. The number of carboxylic acids is 1. The second kappa shape index (κ2) is 10.9. The average molecular weight is 236 g/mol. The molecule has 0 aromatic carbocycles. The van der Waals surface area contributed by atoms with Crippen LogP contribution in [0.1, 0.15) is 40.5 Å². The Hall–Kier alpha value is -0.650. The van der Waals surface area contributed by atoms with Crippen molar-refractivity contribution in [1.29, 1.82) is 0 Å². The summed E-state index contributed by atoms with van der Waals surface area (Å²) in [7, 11) is 1.42. The third-order valence-electron chi connectivity index (χ3n) is 1.81. The van der Waals surface area contributed by atoms with Crippen molar-refractivity contribution in [3.63, 3.8) is 0 Å².